The van der Waals surface area contributed by atoms with Crippen LogP contribution >= 0.6 is 0 Å². The Hall–Kier alpha value is -0.380. The number of nitrogens with two attached hydrogens (primary N) is 1. The Morgan fingerprint density at radius 1 is 1.12 bits per heavy atom. The lowest BCUT2D eigenvalue weighted by Gasteiger charge is -2.63. The second-order valence-corrected chi connectivity index (χ2v) is 11.0. The molecule has 3 nitrogen and oxygen atoms in total. The van der Waals surface area contributed by atoms with Crippen LogP contribution in [0, 0.1) is 34.5 Å². The van der Waals surface area contributed by atoms with E-state index in [0.29, 0.717) is 35.1 Å². The summed E-state index contributed by atoms with van der Waals surface area (Å²) in [6.07, 6.45) is 9.76. The van der Waals surface area contributed by atoms with E-state index in [1.54, 1.807) is 13.8 Å². The minimum Gasteiger partial charge on any atom is -0.366 e. The van der Waals surface area contributed by atoms with E-state index in [1.807, 2.05) is 0 Å². The number of allylic oxidation sites excluding steroid dienone is 1. The van der Waals surface area contributed by atoms with Crippen LogP contribution in [-0.4, -0.2) is 23.0 Å². The molecule has 4 aliphatic carbocycles. The molecule has 4 rings (SSSR count). The van der Waals surface area contributed by atoms with Crippen LogP contribution in [0.3, 0.4) is 0 Å². The largest absolute Gasteiger partial charge is 0.366 e. The standard InChI is InChI=1S/C23H39NO2/c1-14-6-7-17-20-18(9-11-22(14,17)4)23(5)10-8-16(24)12-15(23)13-19(20)26-21(2,3)25/h15-20,25H,1,6-13,24H2,2-5H3/t15?,16-,17?,18?,19-,20?,22+,23-/m0/s1. The topological polar surface area (TPSA) is 55.5 Å². The van der Waals surface area contributed by atoms with Gasteiger partial charge in [-0.1, -0.05) is 26.0 Å². The van der Waals surface area contributed by atoms with E-state index in [9.17, 15) is 5.11 Å². The van der Waals surface area contributed by atoms with Gasteiger partial charge in [0.25, 0.3) is 0 Å². The van der Waals surface area contributed by atoms with Crippen molar-refractivity contribution in [2.45, 2.75) is 97.0 Å². The summed E-state index contributed by atoms with van der Waals surface area (Å²) in [7, 11) is 0. The van der Waals surface area contributed by atoms with Crippen LogP contribution in [0.4, 0.5) is 0 Å². The highest BCUT2D eigenvalue weighted by Crippen LogP contribution is 2.67. The van der Waals surface area contributed by atoms with E-state index < -0.39 is 5.79 Å². The minimum atomic E-state index is -1.07. The molecule has 0 aromatic carbocycles. The molecule has 0 spiro atoms. The second-order valence-electron chi connectivity index (χ2n) is 11.0. The molecule has 4 fully saturated rings. The van der Waals surface area contributed by atoms with Crippen molar-refractivity contribution in [3.05, 3.63) is 12.2 Å². The van der Waals surface area contributed by atoms with Gasteiger partial charge in [-0.05, 0) is 99.7 Å². The van der Waals surface area contributed by atoms with E-state index in [-0.39, 0.29) is 11.5 Å². The lowest BCUT2D eigenvalue weighted by atomic mass is 9.44. The van der Waals surface area contributed by atoms with Crippen molar-refractivity contribution in [3.63, 3.8) is 0 Å². The van der Waals surface area contributed by atoms with Gasteiger partial charge < -0.3 is 15.6 Å². The molecule has 0 saturated heterocycles. The molecule has 148 valence electrons. The van der Waals surface area contributed by atoms with Crippen LogP contribution in [-0.2, 0) is 4.74 Å². The molecule has 0 radical (unpaired) electrons. The molecule has 3 N–H and O–H groups in total. The summed E-state index contributed by atoms with van der Waals surface area (Å²) in [5.74, 6) is 1.48. The summed E-state index contributed by atoms with van der Waals surface area (Å²) < 4.78 is 6.35. The van der Waals surface area contributed by atoms with Crippen LogP contribution in [0.1, 0.15) is 79.1 Å². The minimum absolute atomic E-state index is 0.152. The summed E-state index contributed by atoms with van der Waals surface area (Å²) in [6, 6.07) is 0.340. The van der Waals surface area contributed by atoms with Crippen LogP contribution in [0.5, 0.6) is 0 Å². The average Bonchev–Trinajstić information content (AvgIpc) is 2.83. The summed E-state index contributed by atoms with van der Waals surface area (Å²) in [6.45, 7) is 13.0. The van der Waals surface area contributed by atoms with Crippen LogP contribution in [0.2, 0.25) is 0 Å². The summed E-state index contributed by atoms with van der Waals surface area (Å²) in [5, 5.41) is 10.5. The monoisotopic (exact) mass is 361 g/mol. The molecule has 0 amide bonds. The van der Waals surface area contributed by atoms with Crippen molar-refractivity contribution in [2.75, 3.05) is 0 Å². The predicted molar refractivity (Wildman–Crippen MR) is 105 cm³/mol. The Labute approximate surface area is 159 Å². The third-order valence-corrected chi connectivity index (χ3v) is 9.09. The van der Waals surface area contributed by atoms with E-state index in [2.05, 4.69) is 20.4 Å². The molecule has 8 atom stereocenters. The molecule has 0 heterocycles. The summed E-state index contributed by atoms with van der Waals surface area (Å²) >= 11 is 0. The van der Waals surface area contributed by atoms with Gasteiger partial charge in [-0.3, -0.25) is 0 Å². The Morgan fingerprint density at radius 2 is 1.85 bits per heavy atom. The fourth-order valence-corrected chi connectivity index (χ4v) is 7.63. The highest BCUT2D eigenvalue weighted by atomic mass is 16.6. The first-order valence-electron chi connectivity index (χ1n) is 10.9. The van der Waals surface area contributed by atoms with Crippen molar-refractivity contribution >= 4 is 0 Å². The first kappa shape index (κ1) is 19.0. The van der Waals surface area contributed by atoms with Gasteiger partial charge in [0.2, 0.25) is 0 Å². The van der Waals surface area contributed by atoms with E-state index in [4.69, 9.17) is 10.5 Å². The molecule has 0 aromatic rings. The van der Waals surface area contributed by atoms with Crippen molar-refractivity contribution in [3.8, 4) is 0 Å². The SMILES string of the molecule is C=C1CCC2C3C(CC[C@]12C)[C@@]1(C)CC[C@H](N)CC1C[C@@H]3OC(C)(C)O. The first-order valence-corrected chi connectivity index (χ1v) is 10.9. The highest BCUT2D eigenvalue weighted by Gasteiger charge is 2.62. The molecule has 4 unspecified atom stereocenters. The first-order chi connectivity index (χ1) is 12.0. The number of hydrogen-bond acceptors (Lipinski definition) is 3. The van der Waals surface area contributed by atoms with Crippen molar-refractivity contribution < 1.29 is 9.84 Å². The number of fused-ring (bicyclic) bond motifs is 5. The fraction of sp³-hybridized carbons (Fsp3) is 0.913. The third-order valence-electron chi connectivity index (χ3n) is 9.09. The molecule has 0 aromatic heterocycles. The molecule has 26 heavy (non-hydrogen) atoms. The van der Waals surface area contributed by atoms with Gasteiger partial charge in [0.15, 0.2) is 5.79 Å². The molecule has 0 aliphatic heterocycles. The van der Waals surface area contributed by atoms with Crippen molar-refractivity contribution in [1.82, 2.24) is 0 Å². The number of rotatable bonds is 2. The molecule has 3 heteroatoms. The number of ether oxygens (including phenoxy) is 1. The maximum absolute atomic E-state index is 10.5. The molecular formula is C23H39NO2. The quantitative estimate of drug-likeness (QED) is 0.557. The zero-order valence-electron chi connectivity index (χ0n) is 17.3. The predicted octanol–water partition coefficient (Wildman–Crippen LogP) is 4.64. The molecular weight excluding hydrogens is 322 g/mol. The van der Waals surface area contributed by atoms with E-state index >= 15 is 0 Å². The summed E-state index contributed by atoms with van der Waals surface area (Å²) in [4.78, 5) is 0. The number of hydrogen-bond donors (Lipinski definition) is 2. The van der Waals surface area contributed by atoms with Crippen LogP contribution < -0.4 is 5.73 Å². The Bertz CT molecular complexity index is 581. The van der Waals surface area contributed by atoms with Gasteiger partial charge in [-0.25, -0.2) is 0 Å². The molecule has 4 aliphatic rings. The second kappa shape index (κ2) is 6.06. The van der Waals surface area contributed by atoms with Crippen molar-refractivity contribution in [2.24, 2.45) is 40.2 Å². The maximum Gasteiger partial charge on any atom is 0.160 e. The van der Waals surface area contributed by atoms with Crippen molar-refractivity contribution in [1.29, 1.82) is 0 Å². The van der Waals surface area contributed by atoms with E-state index in [1.165, 1.54) is 44.1 Å². The Balaban J connectivity index is 1.72. The van der Waals surface area contributed by atoms with Crippen LogP contribution in [0.25, 0.3) is 0 Å². The summed E-state index contributed by atoms with van der Waals surface area (Å²) in [5.41, 5.74) is 8.49. The third kappa shape index (κ3) is 2.81. The molecule has 0 bridgehead atoms. The fourth-order valence-electron chi connectivity index (χ4n) is 7.63. The van der Waals surface area contributed by atoms with Gasteiger partial charge in [-0.15, -0.1) is 0 Å². The smallest absolute Gasteiger partial charge is 0.160 e. The number of aliphatic hydroxyl groups is 1. The average molecular weight is 362 g/mol. The van der Waals surface area contributed by atoms with E-state index in [0.717, 1.165) is 12.8 Å². The maximum atomic E-state index is 10.5. The van der Waals surface area contributed by atoms with Gasteiger partial charge in [0.1, 0.15) is 0 Å². The molecule has 4 saturated carbocycles. The van der Waals surface area contributed by atoms with Crippen LogP contribution in [0.15, 0.2) is 12.2 Å². The zero-order valence-corrected chi connectivity index (χ0v) is 17.3. The van der Waals surface area contributed by atoms with Gasteiger partial charge >= 0.3 is 0 Å². The van der Waals surface area contributed by atoms with Gasteiger partial charge in [-0.2, -0.15) is 0 Å². The van der Waals surface area contributed by atoms with Gasteiger partial charge in [0.05, 0.1) is 6.10 Å². The lowest BCUT2D eigenvalue weighted by molar-refractivity contribution is -0.261. The highest BCUT2D eigenvalue weighted by molar-refractivity contribution is 5.22. The lowest BCUT2D eigenvalue weighted by Crippen LogP contribution is -2.60. The Kier molecular flexibility index (Phi) is 4.42. The normalized spacial score (nSPS) is 51.5. The van der Waals surface area contributed by atoms with Gasteiger partial charge in [0, 0.05) is 6.04 Å². The zero-order chi connectivity index (χ0) is 18.9. The Morgan fingerprint density at radius 3 is 2.54 bits per heavy atom.